The van der Waals surface area contributed by atoms with E-state index in [1.807, 2.05) is 30.3 Å². The van der Waals surface area contributed by atoms with Crippen LogP contribution in [0.4, 0.5) is 0 Å². The highest BCUT2D eigenvalue weighted by molar-refractivity contribution is 5.76. The largest absolute Gasteiger partial charge is 0.493 e. The molecular weight excluding hydrogens is 396 g/mol. The first-order chi connectivity index (χ1) is 15.1. The van der Waals surface area contributed by atoms with E-state index in [0.717, 1.165) is 5.56 Å². The number of benzene rings is 2. The van der Waals surface area contributed by atoms with Crippen LogP contribution in [0.5, 0.6) is 11.5 Å². The highest BCUT2D eigenvalue weighted by Crippen LogP contribution is 2.31. The van der Waals surface area contributed by atoms with Gasteiger partial charge in [0.05, 0.1) is 7.11 Å². The Balaban J connectivity index is 1.62. The molecule has 0 aliphatic rings. The van der Waals surface area contributed by atoms with E-state index in [9.17, 15) is 9.59 Å². The number of hydrogen-bond acceptors (Lipinski definition) is 6. The minimum atomic E-state index is -0.383. The zero-order chi connectivity index (χ0) is 22.1. The highest BCUT2D eigenvalue weighted by Gasteiger charge is 2.12. The molecule has 3 rings (SSSR count). The van der Waals surface area contributed by atoms with Crippen LogP contribution in [-0.4, -0.2) is 34.8 Å². The molecule has 0 spiro atoms. The lowest BCUT2D eigenvalue weighted by atomic mass is 10.2. The summed E-state index contributed by atoms with van der Waals surface area (Å²) < 4.78 is 10.9. The molecule has 31 heavy (non-hydrogen) atoms. The summed E-state index contributed by atoms with van der Waals surface area (Å²) >= 11 is 0. The number of aromatic nitrogens is 3. The second-order valence-electron chi connectivity index (χ2n) is 6.68. The van der Waals surface area contributed by atoms with Gasteiger partial charge in [-0.25, -0.2) is 0 Å². The van der Waals surface area contributed by atoms with Gasteiger partial charge in [-0.2, -0.15) is 0 Å². The molecule has 1 heterocycles. The van der Waals surface area contributed by atoms with Gasteiger partial charge in [-0.15, -0.1) is 10.2 Å². The third kappa shape index (κ3) is 6.02. The van der Waals surface area contributed by atoms with Crippen molar-refractivity contribution in [3.8, 4) is 22.9 Å². The fourth-order valence-corrected chi connectivity index (χ4v) is 2.85. The Morgan fingerprint density at radius 1 is 1.16 bits per heavy atom. The maximum atomic E-state index is 12.4. The molecule has 1 aromatic heterocycles. The monoisotopic (exact) mass is 420 g/mol. The van der Waals surface area contributed by atoms with Crippen molar-refractivity contribution in [2.24, 2.45) is 0 Å². The van der Waals surface area contributed by atoms with Crippen molar-refractivity contribution in [3.63, 3.8) is 0 Å². The molecule has 160 valence electrons. The minimum Gasteiger partial charge on any atom is -0.493 e. The second kappa shape index (κ2) is 10.7. The number of carbonyl (C=O) groups excluding carboxylic acids is 1. The van der Waals surface area contributed by atoms with Crippen LogP contribution in [0.1, 0.15) is 17.7 Å². The first-order valence-corrected chi connectivity index (χ1v) is 9.79. The van der Waals surface area contributed by atoms with Crippen LogP contribution >= 0.6 is 0 Å². The summed E-state index contributed by atoms with van der Waals surface area (Å²) in [6.07, 6.45) is 1.98. The number of hydrogen-bond donors (Lipinski definition) is 2. The van der Waals surface area contributed by atoms with E-state index in [4.69, 9.17) is 9.47 Å². The first-order valence-electron chi connectivity index (χ1n) is 9.79. The van der Waals surface area contributed by atoms with Crippen LogP contribution in [0.2, 0.25) is 0 Å². The number of H-pyrrole nitrogens is 1. The van der Waals surface area contributed by atoms with E-state index >= 15 is 0 Å². The van der Waals surface area contributed by atoms with E-state index in [2.05, 4.69) is 27.1 Å². The van der Waals surface area contributed by atoms with Crippen molar-refractivity contribution in [1.29, 1.82) is 0 Å². The van der Waals surface area contributed by atoms with E-state index in [0.29, 0.717) is 36.0 Å². The van der Waals surface area contributed by atoms with Crippen molar-refractivity contribution in [1.82, 2.24) is 20.5 Å². The standard InChI is InChI=1S/C23H24N4O4/c1-3-13-31-19-11-9-17(14-20(19)30-2)22-25-23(29)18(26-27-22)10-12-21(28)24-15-16-7-5-4-6-8-16/h3-9,11,14H,1,10,12-13,15H2,2H3,(H,24,28)(H,25,27,29). The molecule has 8 heteroatoms. The average molecular weight is 420 g/mol. The molecule has 0 fully saturated rings. The number of carbonyl (C=O) groups is 1. The summed E-state index contributed by atoms with van der Waals surface area (Å²) in [7, 11) is 1.53. The SMILES string of the molecule is C=CCOc1ccc(-c2nnc(CCC(=O)NCc3ccccc3)c(=O)[nH]2)cc1OC. The number of ether oxygens (including phenoxy) is 2. The van der Waals surface area contributed by atoms with Gasteiger partial charge in [-0.05, 0) is 23.8 Å². The summed E-state index contributed by atoms with van der Waals surface area (Å²) in [5.74, 6) is 1.20. The fraction of sp³-hybridized carbons (Fsp3) is 0.217. The average Bonchev–Trinajstić information content (AvgIpc) is 2.81. The summed E-state index contributed by atoms with van der Waals surface area (Å²) in [4.78, 5) is 27.2. The van der Waals surface area contributed by atoms with Crippen LogP contribution in [-0.2, 0) is 17.8 Å². The molecule has 0 aliphatic heterocycles. The van der Waals surface area contributed by atoms with Crippen molar-refractivity contribution >= 4 is 5.91 Å². The van der Waals surface area contributed by atoms with Crippen LogP contribution in [0.15, 0.2) is 66.0 Å². The van der Waals surface area contributed by atoms with Gasteiger partial charge in [0.1, 0.15) is 12.3 Å². The van der Waals surface area contributed by atoms with E-state index in [-0.39, 0.29) is 30.0 Å². The molecular formula is C23H24N4O4. The Bertz CT molecular complexity index is 1100. The first kappa shape index (κ1) is 21.8. The molecule has 0 saturated carbocycles. The van der Waals surface area contributed by atoms with Gasteiger partial charge < -0.3 is 19.8 Å². The van der Waals surface area contributed by atoms with Gasteiger partial charge in [0.25, 0.3) is 5.56 Å². The van der Waals surface area contributed by atoms with Crippen molar-refractivity contribution in [3.05, 3.63) is 82.8 Å². The molecule has 2 aromatic carbocycles. The second-order valence-corrected chi connectivity index (χ2v) is 6.68. The van der Waals surface area contributed by atoms with Crippen LogP contribution in [0.3, 0.4) is 0 Å². The summed E-state index contributed by atoms with van der Waals surface area (Å²) in [6.45, 7) is 4.40. The topological polar surface area (TPSA) is 106 Å². The Morgan fingerprint density at radius 2 is 1.97 bits per heavy atom. The predicted molar refractivity (Wildman–Crippen MR) is 117 cm³/mol. The predicted octanol–water partition coefficient (Wildman–Crippen LogP) is 2.65. The zero-order valence-corrected chi connectivity index (χ0v) is 17.3. The van der Waals surface area contributed by atoms with Gasteiger partial charge in [-0.1, -0.05) is 43.0 Å². The summed E-state index contributed by atoms with van der Waals surface area (Å²) in [5, 5.41) is 10.9. The van der Waals surface area contributed by atoms with Crippen molar-refractivity contribution in [2.75, 3.05) is 13.7 Å². The summed E-state index contributed by atoms with van der Waals surface area (Å²) in [5.41, 5.74) is 1.46. The Kier molecular flexibility index (Phi) is 7.53. The van der Waals surface area contributed by atoms with Crippen LogP contribution in [0, 0.1) is 0 Å². The number of rotatable bonds is 10. The Hall–Kier alpha value is -3.94. The molecule has 0 bridgehead atoms. The molecule has 3 aromatic rings. The van der Waals surface area contributed by atoms with Gasteiger partial charge in [0.2, 0.25) is 5.91 Å². The van der Waals surface area contributed by atoms with Gasteiger partial charge in [0, 0.05) is 24.9 Å². The highest BCUT2D eigenvalue weighted by atomic mass is 16.5. The van der Waals surface area contributed by atoms with Crippen LogP contribution in [0.25, 0.3) is 11.4 Å². The number of aryl methyl sites for hydroxylation is 1. The number of amides is 1. The van der Waals surface area contributed by atoms with Gasteiger partial charge in [-0.3, -0.25) is 9.59 Å². The molecule has 0 aliphatic carbocycles. The fourth-order valence-electron chi connectivity index (χ4n) is 2.85. The lowest BCUT2D eigenvalue weighted by molar-refractivity contribution is -0.121. The maximum absolute atomic E-state index is 12.4. The Morgan fingerprint density at radius 3 is 2.68 bits per heavy atom. The lowest BCUT2D eigenvalue weighted by Gasteiger charge is -2.10. The number of nitrogens with zero attached hydrogens (tertiary/aromatic N) is 2. The van der Waals surface area contributed by atoms with E-state index in [1.165, 1.54) is 7.11 Å². The number of methoxy groups -OCH3 is 1. The molecule has 1 amide bonds. The van der Waals surface area contributed by atoms with Gasteiger partial charge >= 0.3 is 0 Å². The quantitative estimate of drug-likeness (QED) is 0.489. The van der Waals surface area contributed by atoms with Crippen LogP contribution < -0.4 is 20.3 Å². The third-order valence-electron chi connectivity index (χ3n) is 4.48. The van der Waals surface area contributed by atoms with E-state index < -0.39 is 0 Å². The number of nitrogens with one attached hydrogen (secondary N) is 2. The normalized spacial score (nSPS) is 10.4. The lowest BCUT2D eigenvalue weighted by Crippen LogP contribution is -2.25. The maximum Gasteiger partial charge on any atom is 0.273 e. The van der Waals surface area contributed by atoms with Crippen molar-refractivity contribution < 1.29 is 14.3 Å². The molecule has 0 unspecified atom stereocenters. The zero-order valence-electron chi connectivity index (χ0n) is 17.3. The molecule has 0 saturated heterocycles. The molecule has 2 N–H and O–H groups in total. The molecule has 8 nitrogen and oxygen atoms in total. The molecule has 0 radical (unpaired) electrons. The third-order valence-corrected chi connectivity index (χ3v) is 4.48. The van der Waals surface area contributed by atoms with Gasteiger partial charge in [0.15, 0.2) is 17.3 Å². The van der Waals surface area contributed by atoms with E-state index in [1.54, 1.807) is 24.3 Å². The minimum absolute atomic E-state index is 0.146. The summed E-state index contributed by atoms with van der Waals surface area (Å²) in [6, 6.07) is 14.8. The smallest absolute Gasteiger partial charge is 0.273 e. The molecule has 0 atom stereocenters. The van der Waals surface area contributed by atoms with Crippen molar-refractivity contribution in [2.45, 2.75) is 19.4 Å². The number of aromatic amines is 1. The Labute approximate surface area is 180 Å².